The number of nitrogens with zero attached hydrogens (tertiary/aromatic N) is 1. The van der Waals surface area contributed by atoms with E-state index in [0.29, 0.717) is 0 Å². The van der Waals surface area contributed by atoms with Crippen molar-refractivity contribution < 1.29 is 16.8 Å². The second-order valence-electron chi connectivity index (χ2n) is 4.52. The van der Waals surface area contributed by atoms with Gasteiger partial charge in [0.25, 0.3) is 0 Å². The molecule has 1 atom stereocenters. The molecule has 19 heavy (non-hydrogen) atoms. The normalized spacial score (nSPS) is 22.3. The van der Waals surface area contributed by atoms with E-state index in [0.717, 1.165) is 5.56 Å². The van der Waals surface area contributed by atoms with Crippen molar-refractivity contribution in [3.05, 3.63) is 23.0 Å². The van der Waals surface area contributed by atoms with Crippen molar-refractivity contribution in [2.45, 2.75) is 18.6 Å². The molecule has 0 bridgehead atoms. The highest BCUT2D eigenvalue weighted by Gasteiger charge is 2.37. The summed E-state index contributed by atoms with van der Waals surface area (Å²) in [6, 6.07) is 1.55. The minimum atomic E-state index is -3.78. The molecule has 1 aliphatic rings. The Bertz CT molecular complexity index is 700. The number of nitrogens with one attached hydrogen (secondary N) is 1. The molecule has 1 unspecified atom stereocenters. The van der Waals surface area contributed by atoms with Gasteiger partial charge >= 0.3 is 0 Å². The Morgan fingerprint density at radius 2 is 2.16 bits per heavy atom. The molecule has 1 aliphatic heterocycles. The van der Waals surface area contributed by atoms with Crippen LogP contribution in [0.5, 0.6) is 0 Å². The number of aryl methyl sites for hydroxylation is 1. The van der Waals surface area contributed by atoms with Gasteiger partial charge in [0.05, 0.1) is 22.4 Å². The van der Waals surface area contributed by atoms with Gasteiger partial charge in [-0.05, 0) is 25.0 Å². The first kappa shape index (κ1) is 14.5. The largest absolute Gasteiger partial charge is 0.280 e. The van der Waals surface area contributed by atoms with Crippen LogP contribution in [0.2, 0.25) is 5.15 Å². The second-order valence-corrected chi connectivity index (χ2v) is 9.07. The van der Waals surface area contributed by atoms with Crippen molar-refractivity contribution in [1.82, 2.24) is 4.98 Å². The standard InChI is InChI=1S/C10H13ClN2O4S2/c1-7-4-9(10(11)12-5-7)13-19(16,17)8-2-3-18(14,15)6-8/h4-5,8,13H,2-3,6H2,1H3. The summed E-state index contributed by atoms with van der Waals surface area (Å²) in [7, 11) is -7.03. The molecule has 0 aliphatic carbocycles. The van der Waals surface area contributed by atoms with E-state index in [4.69, 9.17) is 11.6 Å². The van der Waals surface area contributed by atoms with Crippen LogP contribution in [0.3, 0.4) is 0 Å². The zero-order valence-electron chi connectivity index (χ0n) is 10.1. The van der Waals surface area contributed by atoms with Crippen LogP contribution in [0, 0.1) is 6.92 Å². The summed E-state index contributed by atoms with van der Waals surface area (Å²) in [6.07, 6.45) is 1.62. The van der Waals surface area contributed by atoms with Crippen molar-refractivity contribution in [3.63, 3.8) is 0 Å². The summed E-state index contributed by atoms with van der Waals surface area (Å²) in [6.45, 7) is 1.75. The fourth-order valence-electron chi connectivity index (χ4n) is 1.87. The molecule has 0 saturated carbocycles. The van der Waals surface area contributed by atoms with Crippen LogP contribution in [-0.4, -0.2) is 38.6 Å². The minimum absolute atomic E-state index is 0.0371. The summed E-state index contributed by atoms with van der Waals surface area (Å²) in [5.74, 6) is -0.447. The van der Waals surface area contributed by atoms with Gasteiger partial charge in [-0.3, -0.25) is 4.72 Å². The van der Waals surface area contributed by atoms with Crippen LogP contribution in [0.4, 0.5) is 5.69 Å². The first-order valence-electron chi connectivity index (χ1n) is 5.54. The SMILES string of the molecule is Cc1cnc(Cl)c(NS(=O)(=O)C2CCS(=O)(=O)C2)c1. The van der Waals surface area contributed by atoms with Crippen molar-refractivity contribution in [2.75, 3.05) is 16.2 Å². The number of rotatable bonds is 3. The molecule has 1 aromatic rings. The van der Waals surface area contributed by atoms with Gasteiger partial charge in [-0.2, -0.15) is 0 Å². The average molecular weight is 325 g/mol. The molecular weight excluding hydrogens is 312 g/mol. The molecule has 1 fully saturated rings. The third kappa shape index (κ3) is 3.37. The predicted molar refractivity (Wildman–Crippen MR) is 73.6 cm³/mol. The molecule has 6 nitrogen and oxygen atoms in total. The number of sulfonamides is 1. The highest BCUT2D eigenvalue weighted by molar-refractivity contribution is 7.97. The van der Waals surface area contributed by atoms with Crippen LogP contribution in [0.15, 0.2) is 12.3 Å². The van der Waals surface area contributed by atoms with E-state index in [2.05, 4.69) is 9.71 Å². The van der Waals surface area contributed by atoms with Gasteiger partial charge in [0, 0.05) is 6.20 Å². The van der Waals surface area contributed by atoms with E-state index in [9.17, 15) is 16.8 Å². The number of pyridine rings is 1. The summed E-state index contributed by atoms with van der Waals surface area (Å²) in [5, 5.41) is -0.899. The van der Waals surface area contributed by atoms with Gasteiger partial charge < -0.3 is 0 Å². The maximum atomic E-state index is 12.1. The lowest BCUT2D eigenvalue weighted by molar-refractivity contribution is 0.587. The average Bonchev–Trinajstić information content (AvgIpc) is 2.65. The van der Waals surface area contributed by atoms with E-state index in [-0.39, 0.29) is 28.8 Å². The van der Waals surface area contributed by atoms with E-state index in [1.807, 2.05) is 0 Å². The van der Waals surface area contributed by atoms with Gasteiger partial charge in [0.15, 0.2) is 15.0 Å². The topological polar surface area (TPSA) is 93.2 Å². The van der Waals surface area contributed by atoms with Crippen LogP contribution in [-0.2, 0) is 19.9 Å². The molecule has 0 spiro atoms. The van der Waals surface area contributed by atoms with Crippen LogP contribution in [0.1, 0.15) is 12.0 Å². The lowest BCUT2D eigenvalue weighted by atomic mass is 10.3. The lowest BCUT2D eigenvalue weighted by Crippen LogP contribution is -2.29. The highest BCUT2D eigenvalue weighted by Crippen LogP contribution is 2.25. The minimum Gasteiger partial charge on any atom is -0.280 e. The molecule has 0 amide bonds. The van der Waals surface area contributed by atoms with Gasteiger partial charge in [-0.1, -0.05) is 11.6 Å². The first-order chi connectivity index (χ1) is 8.70. The monoisotopic (exact) mass is 324 g/mol. The summed E-state index contributed by atoms with van der Waals surface area (Å²) < 4.78 is 49.2. The molecule has 1 saturated heterocycles. The Kier molecular flexibility index (Phi) is 3.76. The number of aromatic nitrogens is 1. The molecule has 106 valence electrons. The molecule has 2 heterocycles. The lowest BCUT2D eigenvalue weighted by Gasteiger charge is -2.13. The number of sulfone groups is 1. The van der Waals surface area contributed by atoms with Gasteiger partial charge in [-0.15, -0.1) is 0 Å². The van der Waals surface area contributed by atoms with E-state index < -0.39 is 25.1 Å². The van der Waals surface area contributed by atoms with Crippen LogP contribution >= 0.6 is 11.6 Å². The molecule has 0 radical (unpaired) electrons. The fraction of sp³-hybridized carbons (Fsp3) is 0.500. The number of halogens is 1. The zero-order valence-corrected chi connectivity index (χ0v) is 12.5. The number of hydrogen-bond donors (Lipinski definition) is 1. The van der Waals surface area contributed by atoms with Crippen molar-refractivity contribution in [1.29, 1.82) is 0 Å². The molecule has 0 aromatic carbocycles. The Balaban J connectivity index is 2.25. The van der Waals surface area contributed by atoms with E-state index in [1.54, 1.807) is 13.0 Å². The fourth-order valence-corrected chi connectivity index (χ4v) is 6.16. The third-order valence-corrected chi connectivity index (χ3v) is 6.92. The molecule has 1 N–H and O–H groups in total. The van der Waals surface area contributed by atoms with E-state index in [1.165, 1.54) is 6.20 Å². The molecule has 1 aromatic heterocycles. The van der Waals surface area contributed by atoms with Crippen LogP contribution < -0.4 is 4.72 Å². The second kappa shape index (κ2) is 4.92. The van der Waals surface area contributed by atoms with Gasteiger partial charge in [0.2, 0.25) is 10.0 Å². The third-order valence-electron chi connectivity index (χ3n) is 2.86. The quantitative estimate of drug-likeness (QED) is 0.836. The van der Waals surface area contributed by atoms with E-state index >= 15 is 0 Å². The Labute approximate surface area is 117 Å². The van der Waals surface area contributed by atoms with Crippen molar-refractivity contribution >= 4 is 37.1 Å². The predicted octanol–water partition coefficient (Wildman–Crippen LogP) is 0.972. The number of anilines is 1. The highest BCUT2D eigenvalue weighted by atomic mass is 35.5. The summed E-state index contributed by atoms with van der Waals surface area (Å²) in [5.41, 5.74) is 0.923. The van der Waals surface area contributed by atoms with Gasteiger partial charge in [0.1, 0.15) is 0 Å². The van der Waals surface area contributed by atoms with Crippen molar-refractivity contribution in [2.24, 2.45) is 0 Å². The molecule has 2 rings (SSSR count). The summed E-state index contributed by atoms with van der Waals surface area (Å²) in [4.78, 5) is 3.84. The smallest absolute Gasteiger partial charge is 0.236 e. The van der Waals surface area contributed by atoms with Gasteiger partial charge in [-0.25, -0.2) is 21.8 Å². The summed E-state index contributed by atoms with van der Waals surface area (Å²) >= 11 is 5.81. The molecule has 9 heteroatoms. The molecular formula is C10H13ClN2O4S2. The van der Waals surface area contributed by atoms with Crippen molar-refractivity contribution in [3.8, 4) is 0 Å². The maximum Gasteiger partial charge on any atom is 0.236 e. The number of hydrogen-bond acceptors (Lipinski definition) is 5. The maximum absolute atomic E-state index is 12.1. The zero-order chi connectivity index (χ0) is 14.3. The Morgan fingerprint density at radius 3 is 2.74 bits per heavy atom. The first-order valence-corrected chi connectivity index (χ1v) is 9.28. The van der Waals surface area contributed by atoms with Crippen LogP contribution in [0.25, 0.3) is 0 Å². The Morgan fingerprint density at radius 1 is 1.47 bits per heavy atom. The Hall–Kier alpha value is -0.860.